The smallest absolute Gasteiger partial charge is 0.223 e. The first kappa shape index (κ1) is 18.9. The summed E-state index contributed by atoms with van der Waals surface area (Å²) in [4.78, 5) is 12.1. The summed E-state index contributed by atoms with van der Waals surface area (Å²) >= 11 is 0. The molecule has 1 aliphatic rings. The van der Waals surface area contributed by atoms with Crippen molar-refractivity contribution in [3.05, 3.63) is 35.6 Å². The Labute approximate surface area is 143 Å². The zero-order valence-corrected chi connectivity index (χ0v) is 14.8. The lowest BCUT2D eigenvalue weighted by atomic mass is 9.89. The normalized spacial score (nSPS) is 16.3. The second kappa shape index (κ2) is 8.58. The van der Waals surface area contributed by atoms with Crippen molar-refractivity contribution in [3.8, 4) is 0 Å². The fourth-order valence-electron chi connectivity index (χ4n) is 2.97. The van der Waals surface area contributed by atoms with E-state index in [-0.39, 0.29) is 37.3 Å². The van der Waals surface area contributed by atoms with Crippen molar-refractivity contribution in [3.63, 3.8) is 0 Å². The van der Waals surface area contributed by atoms with Crippen LogP contribution < -0.4 is 5.32 Å². The molecule has 0 saturated heterocycles. The molecule has 1 N–H and O–H groups in total. The van der Waals surface area contributed by atoms with Crippen LogP contribution in [0.15, 0.2) is 24.3 Å². The van der Waals surface area contributed by atoms with Gasteiger partial charge in [0.1, 0.15) is 5.82 Å². The third-order valence-electron chi connectivity index (χ3n) is 4.38. The van der Waals surface area contributed by atoms with E-state index in [2.05, 4.69) is 5.32 Å². The maximum atomic E-state index is 12.9. The van der Waals surface area contributed by atoms with Gasteiger partial charge < -0.3 is 5.32 Å². The summed E-state index contributed by atoms with van der Waals surface area (Å²) in [5.74, 6) is -0.281. The van der Waals surface area contributed by atoms with E-state index < -0.39 is 10.0 Å². The fraction of sp³-hybridized carbons (Fsp3) is 0.588. The van der Waals surface area contributed by atoms with Crippen LogP contribution >= 0.6 is 0 Å². The summed E-state index contributed by atoms with van der Waals surface area (Å²) in [6.45, 7) is 0.649. The summed E-state index contributed by atoms with van der Waals surface area (Å²) in [6.07, 6.45) is 6.31. The number of nitrogens with one attached hydrogen (secondary N) is 1. The third kappa shape index (κ3) is 5.87. The van der Waals surface area contributed by atoms with Crippen molar-refractivity contribution in [2.75, 3.05) is 19.3 Å². The molecule has 0 aliphatic heterocycles. The maximum absolute atomic E-state index is 12.9. The lowest BCUT2D eigenvalue weighted by Crippen LogP contribution is -2.40. The Morgan fingerprint density at radius 3 is 2.42 bits per heavy atom. The average molecular weight is 356 g/mol. The van der Waals surface area contributed by atoms with Gasteiger partial charge in [0.15, 0.2) is 0 Å². The fourth-order valence-corrected chi connectivity index (χ4v) is 3.78. The van der Waals surface area contributed by atoms with E-state index in [1.807, 2.05) is 0 Å². The zero-order chi connectivity index (χ0) is 17.6. The number of rotatable bonds is 7. The van der Waals surface area contributed by atoms with Gasteiger partial charge in [-0.2, -0.15) is 4.31 Å². The van der Waals surface area contributed by atoms with Gasteiger partial charge in [0.25, 0.3) is 0 Å². The van der Waals surface area contributed by atoms with Crippen molar-refractivity contribution in [2.45, 2.75) is 38.6 Å². The predicted molar refractivity (Wildman–Crippen MR) is 91.2 cm³/mol. The molecule has 2 rings (SSSR count). The van der Waals surface area contributed by atoms with E-state index in [9.17, 15) is 17.6 Å². The van der Waals surface area contributed by atoms with E-state index in [4.69, 9.17) is 0 Å². The van der Waals surface area contributed by atoms with Gasteiger partial charge in [0.05, 0.1) is 6.26 Å². The van der Waals surface area contributed by atoms with Crippen LogP contribution in [0.5, 0.6) is 0 Å². The molecule has 1 aromatic carbocycles. The zero-order valence-electron chi connectivity index (χ0n) is 14.0. The van der Waals surface area contributed by atoms with Crippen LogP contribution in [0.2, 0.25) is 0 Å². The highest BCUT2D eigenvalue weighted by Crippen LogP contribution is 2.23. The minimum absolute atomic E-state index is 0.0185. The molecule has 1 saturated carbocycles. The minimum atomic E-state index is -3.41. The molecule has 1 aliphatic carbocycles. The second-order valence-electron chi connectivity index (χ2n) is 6.35. The molecular weight excluding hydrogens is 331 g/mol. The standard InChI is InChI=1S/C17H25FN2O3S/c1-24(22,23)20(13-14-7-9-16(18)10-8-14)12-11-19-17(21)15-5-3-2-4-6-15/h7-10,15H,2-6,11-13H2,1H3,(H,19,21). The number of carbonyl (C=O) groups excluding carboxylic acids is 1. The number of hydrogen-bond acceptors (Lipinski definition) is 3. The van der Waals surface area contributed by atoms with Crippen LogP contribution in [0.3, 0.4) is 0 Å². The lowest BCUT2D eigenvalue weighted by molar-refractivity contribution is -0.125. The Balaban J connectivity index is 1.87. The molecule has 5 nitrogen and oxygen atoms in total. The third-order valence-corrected chi connectivity index (χ3v) is 5.63. The highest BCUT2D eigenvalue weighted by molar-refractivity contribution is 7.88. The van der Waals surface area contributed by atoms with Crippen molar-refractivity contribution in [1.29, 1.82) is 0 Å². The number of halogens is 1. The van der Waals surface area contributed by atoms with Crippen LogP contribution in [0.25, 0.3) is 0 Å². The topological polar surface area (TPSA) is 66.5 Å². The first-order valence-corrected chi connectivity index (χ1v) is 10.2. The van der Waals surface area contributed by atoms with Gasteiger partial charge in [0, 0.05) is 25.6 Å². The minimum Gasteiger partial charge on any atom is -0.355 e. The number of amides is 1. The summed E-state index contributed by atoms with van der Waals surface area (Å²) in [7, 11) is -3.41. The quantitative estimate of drug-likeness (QED) is 0.815. The van der Waals surface area contributed by atoms with Crippen molar-refractivity contribution < 1.29 is 17.6 Å². The summed E-state index contributed by atoms with van der Waals surface area (Å²) in [5.41, 5.74) is 0.709. The molecule has 0 bridgehead atoms. The van der Waals surface area contributed by atoms with Gasteiger partial charge in [-0.25, -0.2) is 12.8 Å². The molecule has 1 amide bonds. The highest BCUT2D eigenvalue weighted by Gasteiger charge is 2.22. The van der Waals surface area contributed by atoms with Crippen LogP contribution in [0.1, 0.15) is 37.7 Å². The van der Waals surface area contributed by atoms with Crippen LogP contribution in [-0.4, -0.2) is 38.0 Å². The molecule has 0 spiro atoms. The highest BCUT2D eigenvalue weighted by atomic mass is 32.2. The first-order chi connectivity index (χ1) is 11.4. The predicted octanol–water partition coefficient (Wildman–Crippen LogP) is 2.28. The van der Waals surface area contributed by atoms with Crippen LogP contribution in [0.4, 0.5) is 4.39 Å². The molecule has 134 valence electrons. The molecule has 0 atom stereocenters. The molecule has 1 aromatic rings. The Hall–Kier alpha value is -1.47. The monoisotopic (exact) mass is 356 g/mol. The maximum Gasteiger partial charge on any atom is 0.223 e. The Kier molecular flexibility index (Phi) is 6.74. The summed E-state index contributed by atoms with van der Waals surface area (Å²) in [6, 6.07) is 5.74. The van der Waals surface area contributed by atoms with E-state index in [1.54, 1.807) is 12.1 Å². The summed E-state index contributed by atoms with van der Waals surface area (Å²) < 4.78 is 38.1. The van der Waals surface area contributed by atoms with Gasteiger partial charge in [0.2, 0.25) is 15.9 Å². The Bertz CT molecular complexity index is 640. The molecule has 0 heterocycles. The largest absolute Gasteiger partial charge is 0.355 e. The SMILES string of the molecule is CS(=O)(=O)N(CCNC(=O)C1CCCCC1)Cc1ccc(F)cc1. The van der Waals surface area contributed by atoms with Gasteiger partial charge in [-0.3, -0.25) is 4.79 Å². The number of carbonyl (C=O) groups is 1. The molecule has 0 radical (unpaired) electrons. The molecule has 24 heavy (non-hydrogen) atoms. The molecule has 0 unspecified atom stereocenters. The first-order valence-electron chi connectivity index (χ1n) is 8.33. The number of benzene rings is 1. The van der Waals surface area contributed by atoms with Crippen molar-refractivity contribution >= 4 is 15.9 Å². The van der Waals surface area contributed by atoms with Gasteiger partial charge in [-0.05, 0) is 30.5 Å². The summed E-state index contributed by atoms with van der Waals surface area (Å²) in [5, 5.41) is 2.84. The second-order valence-corrected chi connectivity index (χ2v) is 8.33. The van der Waals surface area contributed by atoms with Crippen LogP contribution in [-0.2, 0) is 21.4 Å². The van der Waals surface area contributed by atoms with E-state index in [0.717, 1.165) is 31.9 Å². The van der Waals surface area contributed by atoms with Crippen molar-refractivity contribution in [2.24, 2.45) is 5.92 Å². The number of sulfonamides is 1. The lowest BCUT2D eigenvalue weighted by Gasteiger charge is -2.23. The van der Waals surface area contributed by atoms with E-state index >= 15 is 0 Å². The Morgan fingerprint density at radius 1 is 1.21 bits per heavy atom. The van der Waals surface area contributed by atoms with Gasteiger partial charge in [-0.15, -0.1) is 0 Å². The molecular formula is C17H25FN2O3S. The van der Waals surface area contributed by atoms with Gasteiger partial charge >= 0.3 is 0 Å². The average Bonchev–Trinajstić information content (AvgIpc) is 2.55. The molecule has 1 fully saturated rings. The molecule has 7 heteroatoms. The van der Waals surface area contributed by atoms with E-state index in [0.29, 0.717) is 5.56 Å². The molecule has 0 aromatic heterocycles. The number of nitrogens with zero attached hydrogens (tertiary/aromatic N) is 1. The van der Waals surface area contributed by atoms with Crippen LogP contribution in [0, 0.1) is 11.7 Å². The van der Waals surface area contributed by atoms with E-state index in [1.165, 1.54) is 22.9 Å². The van der Waals surface area contributed by atoms with Gasteiger partial charge in [-0.1, -0.05) is 31.4 Å². The number of hydrogen-bond donors (Lipinski definition) is 1. The Morgan fingerprint density at radius 2 is 1.83 bits per heavy atom. The van der Waals surface area contributed by atoms with Crippen molar-refractivity contribution in [1.82, 2.24) is 9.62 Å².